The SMILES string of the molecule is Cc1cc2ccccc2n1CC(=O)N1CCC(COc2ccccc2)CC1. The molecule has 4 rings (SSSR count). The molecule has 0 spiro atoms. The van der Waals surface area contributed by atoms with Crippen molar-refractivity contribution in [3.63, 3.8) is 0 Å². The summed E-state index contributed by atoms with van der Waals surface area (Å²) in [5, 5.41) is 1.19. The van der Waals surface area contributed by atoms with Crippen LogP contribution in [0.25, 0.3) is 10.9 Å². The molecule has 140 valence electrons. The van der Waals surface area contributed by atoms with E-state index in [0.717, 1.165) is 49.5 Å². The van der Waals surface area contributed by atoms with E-state index < -0.39 is 0 Å². The van der Waals surface area contributed by atoms with Gasteiger partial charge in [0.25, 0.3) is 0 Å². The lowest BCUT2D eigenvalue weighted by atomic mass is 9.98. The summed E-state index contributed by atoms with van der Waals surface area (Å²) in [5.74, 6) is 1.65. The lowest BCUT2D eigenvalue weighted by Crippen LogP contribution is -2.41. The number of carbonyl (C=O) groups excluding carboxylic acids is 1. The van der Waals surface area contributed by atoms with Crippen LogP contribution in [0.4, 0.5) is 0 Å². The topological polar surface area (TPSA) is 34.5 Å². The molecule has 1 amide bonds. The number of rotatable bonds is 5. The molecule has 2 aromatic carbocycles. The molecule has 27 heavy (non-hydrogen) atoms. The molecule has 1 aromatic heterocycles. The van der Waals surface area contributed by atoms with Gasteiger partial charge in [0.2, 0.25) is 5.91 Å². The molecule has 0 saturated carbocycles. The number of benzene rings is 2. The Morgan fingerprint density at radius 2 is 1.74 bits per heavy atom. The average molecular weight is 362 g/mol. The fourth-order valence-corrected chi connectivity index (χ4v) is 3.87. The third-order valence-corrected chi connectivity index (χ3v) is 5.51. The first-order valence-corrected chi connectivity index (χ1v) is 9.71. The molecule has 0 unspecified atom stereocenters. The van der Waals surface area contributed by atoms with E-state index in [9.17, 15) is 4.79 Å². The zero-order valence-electron chi connectivity index (χ0n) is 15.8. The maximum absolute atomic E-state index is 12.8. The minimum absolute atomic E-state index is 0.210. The highest BCUT2D eigenvalue weighted by Gasteiger charge is 2.24. The number of fused-ring (bicyclic) bond motifs is 1. The molecule has 2 heterocycles. The number of aryl methyl sites for hydroxylation is 1. The molecular formula is C23H26N2O2. The Morgan fingerprint density at radius 1 is 1.04 bits per heavy atom. The number of para-hydroxylation sites is 2. The smallest absolute Gasteiger partial charge is 0.242 e. The van der Waals surface area contributed by atoms with Gasteiger partial charge in [0.1, 0.15) is 12.3 Å². The van der Waals surface area contributed by atoms with Crippen LogP contribution >= 0.6 is 0 Å². The fraction of sp³-hybridized carbons (Fsp3) is 0.348. The van der Waals surface area contributed by atoms with Gasteiger partial charge in [-0.2, -0.15) is 0 Å². The Labute approximate surface area is 160 Å². The average Bonchev–Trinajstić information content (AvgIpc) is 3.03. The van der Waals surface area contributed by atoms with Crippen LogP contribution in [0.1, 0.15) is 18.5 Å². The van der Waals surface area contributed by atoms with E-state index in [4.69, 9.17) is 4.74 Å². The van der Waals surface area contributed by atoms with Gasteiger partial charge in [-0.25, -0.2) is 0 Å². The van der Waals surface area contributed by atoms with Crippen molar-refractivity contribution in [3.8, 4) is 5.75 Å². The van der Waals surface area contributed by atoms with E-state index in [-0.39, 0.29) is 5.91 Å². The summed E-state index contributed by atoms with van der Waals surface area (Å²) in [6, 6.07) is 20.3. The second-order valence-corrected chi connectivity index (χ2v) is 7.38. The quantitative estimate of drug-likeness (QED) is 0.679. The summed E-state index contributed by atoms with van der Waals surface area (Å²) in [4.78, 5) is 14.8. The van der Waals surface area contributed by atoms with Gasteiger partial charge in [-0.05, 0) is 55.3 Å². The summed E-state index contributed by atoms with van der Waals surface area (Å²) in [6.45, 7) is 4.86. The number of amides is 1. The summed E-state index contributed by atoms with van der Waals surface area (Å²) in [6.07, 6.45) is 2.01. The van der Waals surface area contributed by atoms with Crippen molar-refractivity contribution in [1.82, 2.24) is 9.47 Å². The first kappa shape index (κ1) is 17.7. The molecule has 1 aliphatic heterocycles. The third kappa shape index (κ3) is 4.00. The monoisotopic (exact) mass is 362 g/mol. The first-order chi connectivity index (χ1) is 13.2. The van der Waals surface area contributed by atoms with Crippen LogP contribution in [0.2, 0.25) is 0 Å². The van der Waals surface area contributed by atoms with Gasteiger partial charge in [-0.1, -0.05) is 36.4 Å². The van der Waals surface area contributed by atoms with Gasteiger partial charge < -0.3 is 14.2 Å². The minimum Gasteiger partial charge on any atom is -0.493 e. The normalized spacial score (nSPS) is 15.2. The Bertz CT molecular complexity index is 909. The Morgan fingerprint density at radius 3 is 2.52 bits per heavy atom. The molecule has 1 aliphatic rings. The van der Waals surface area contributed by atoms with E-state index in [2.05, 4.69) is 29.7 Å². The van der Waals surface area contributed by atoms with E-state index in [1.165, 1.54) is 5.39 Å². The molecule has 4 heteroatoms. The molecule has 1 fully saturated rings. The van der Waals surface area contributed by atoms with Crippen LogP contribution in [0.5, 0.6) is 5.75 Å². The van der Waals surface area contributed by atoms with Crippen LogP contribution in [-0.2, 0) is 11.3 Å². The molecule has 0 bridgehead atoms. The highest BCUT2D eigenvalue weighted by atomic mass is 16.5. The molecule has 3 aromatic rings. The van der Waals surface area contributed by atoms with Gasteiger partial charge >= 0.3 is 0 Å². The minimum atomic E-state index is 0.210. The summed E-state index contributed by atoms with van der Waals surface area (Å²) in [5.41, 5.74) is 2.27. The van der Waals surface area contributed by atoms with Crippen molar-refractivity contribution in [2.75, 3.05) is 19.7 Å². The van der Waals surface area contributed by atoms with Gasteiger partial charge in [0.05, 0.1) is 6.61 Å². The van der Waals surface area contributed by atoms with Gasteiger partial charge in [0.15, 0.2) is 0 Å². The van der Waals surface area contributed by atoms with Crippen LogP contribution in [0, 0.1) is 12.8 Å². The number of hydrogen-bond donors (Lipinski definition) is 0. The van der Waals surface area contributed by atoms with Crippen molar-refractivity contribution in [1.29, 1.82) is 0 Å². The summed E-state index contributed by atoms with van der Waals surface area (Å²) < 4.78 is 8.01. The molecule has 0 atom stereocenters. The summed E-state index contributed by atoms with van der Waals surface area (Å²) in [7, 11) is 0. The number of likely N-dealkylation sites (tertiary alicyclic amines) is 1. The van der Waals surface area contributed by atoms with Crippen molar-refractivity contribution in [3.05, 3.63) is 66.4 Å². The van der Waals surface area contributed by atoms with Crippen LogP contribution in [0.3, 0.4) is 0 Å². The predicted octanol–water partition coefficient (Wildman–Crippen LogP) is 4.27. The third-order valence-electron chi connectivity index (χ3n) is 5.51. The van der Waals surface area contributed by atoms with E-state index in [1.54, 1.807) is 0 Å². The van der Waals surface area contributed by atoms with Crippen LogP contribution in [0.15, 0.2) is 60.7 Å². The number of piperidine rings is 1. The first-order valence-electron chi connectivity index (χ1n) is 9.71. The second-order valence-electron chi connectivity index (χ2n) is 7.38. The molecular weight excluding hydrogens is 336 g/mol. The number of ether oxygens (including phenoxy) is 1. The molecule has 4 nitrogen and oxygen atoms in total. The number of aromatic nitrogens is 1. The zero-order chi connectivity index (χ0) is 18.6. The van der Waals surface area contributed by atoms with Crippen molar-refractivity contribution in [2.45, 2.75) is 26.3 Å². The number of carbonyl (C=O) groups is 1. The second kappa shape index (κ2) is 7.87. The lowest BCUT2D eigenvalue weighted by molar-refractivity contribution is -0.133. The van der Waals surface area contributed by atoms with E-state index >= 15 is 0 Å². The van der Waals surface area contributed by atoms with Gasteiger partial charge in [-0.15, -0.1) is 0 Å². The summed E-state index contributed by atoms with van der Waals surface area (Å²) >= 11 is 0. The van der Waals surface area contributed by atoms with E-state index in [1.807, 2.05) is 47.4 Å². The maximum atomic E-state index is 12.8. The predicted molar refractivity (Wildman–Crippen MR) is 108 cm³/mol. The molecule has 0 aliphatic carbocycles. The Balaban J connectivity index is 1.31. The highest BCUT2D eigenvalue weighted by Crippen LogP contribution is 2.22. The maximum Gasteiger partial charge on any atom is 0.242 e. The van der Waals surface area contributed by atoms with Crippen molar-refractivity contribution in [2.24, 2.45) is 5.92 Å². The highest BCUT2D eigenvalue weighted by molar-refractivity contribution is 5.84. The standard InChI is InChI=1S/C23H26N2O2/c1-18-15-20-7-5-6-10-22(20)25(18)16-23(26)24-13-11-19(12-14-24)17-27-21-8-3-2-4-9-21/h2-10,15,19H,11-14,16-17H2,1H3. The molecule has 0 N–H and O–H groups in total. The van der Waals surface area contributed by atoms with Crippen molar-refractivity contribution < 1.29 is 9.53 Å². The van der Waals surface area contributed by atoms with Crippen LogP contribution in [-0.4, -0.2) is 35.1 Å². The Hall–Kier alpha value is -2.75. The molecule has 1 saturated heterocycles. The van der Waals surface area contributed by atoms with Gasteiger partial charge in [0, 0.05) is 24.3 Å². The number of hydrogen-bond acceptors (Lipinski definition) is 2. The van der Waals surface area contributed by atoms with Crippen LogP contribution < -0.4 is 4.74 Å². The lowest BCUT2D eigenvalue weighted by Gasteiger charge is -2.32. The number of nitrogens with zero attached hydrogens (tertiary/aromatic N) is 2. The zero-order valence-corrected chi connectivity index (χ0v) is 15.8. The largest absolute Gasteiger partial charge is 0.493 e. The molecule has 0 radical (unpaired) electrons. The van der Waals surface area contributed by atoms with Gasteiger partial charge in [-0.3, -0.25) is 4.79 Å². The van der Waals surface area contributed by atoms with E-state index in [0.29, 0.717) is 12.5 Å². The Kier molecular flexibility index (Phi) is 5.14. The van der Waals surface area contributed by atoms with Crippen molar-refractivity contribution >= 4 is 16.8 Å². The fourth-order valence-electron chi connectivity index (χ4n) is 3.87.